The first-order chi connectivity index (χ1) is 7.67. The average Bonchev–Trinajstić information content (AvgIpc) is 2.72. The van der Waals surface area contributed by atoms with Crippen molar-refractivity contribution in [2.24, 2.45) is 0 Å². The molecule has 1 heterocycles. The summed E-state index contributed by atoms with van der Waals surface area (Å²) in [5.74, 6) is 1.17. The Kier molecular flexibility index (Phi) is 5.05. The van der Waals surface area contributed by atoms with Crippen molar-refractivity contribution in [2.45, 2.75) is 13.3 Å². The van der Waals surface area contributed by atoms with Crippen molar-refractivity contribution < 1.29 is 9.21 Å². The van der Waals surface area contributed by atoms with Crippen LogP contribution in [0.2, 0.25) is 0 Å². The molecule has 0 radical (unpaired) electrons. The topological polar surface area (TPSA) is 36.7 Å². The van der Waals surface area contributed by atoms with Crippen LogP contribution in [-0.2, 0) is 0 Å². The van der Waals surface area contributed by atoms with Crippen LogP contribution in [0.25, 0.3) is 0 Å². The number of rotatable bonds is 7. The van der Waals surface area contributed by atoms with Gasteiger partial charge in [0.25, 0.3) is 0 Å². The summed E-state index contributed by atoms with van der Waals surface area (Å²) in [5, 5.41) is 0. The summed E-state index contributed by atoms with van der Waals surface area (Å²) < 4.78 is 5.39. The van der Waals surface area contributed by atoms with Crippen LogP contribution in [0.15, 0.2) is 16.5 Å². The van der Waals surface area contributed by atoms with Gasteiger partial charge in [-0.2, -0.15) is 0 Å². The number of nitrogens with zero attached hydrogens (tertiary/aromatic N) is 2. The van der Waals surface area contributed by atoms with Gasteiger partial charge in [-0.1, -0.05) is 0 Å². The van der Waals surface area contributed by atoms with Gasteiger partial charge in [0, 0.05) is 19.2 Å². The zero-order chi connectivity index (χ0) is 12.0. The van der Waals surface area contributed by atoms with Gasteiger partial charge in [0.2, 0.25) is 0 Å². The molecule has 0 aliphatic carbocycles. The molecule has 0 saturated carbocycles. The fraction of sp³-hybridized carbons (Fsp3) is 0.583. The van der Waals surface area contributed by atoms with Gasteiger partial charge in [-0.25, -0.2) is 0 Å². The van der Waals surface area contributed by atoms with Crippen LogP contribution in [0.4, 0.5) is 5.88 Å². The Morgan fingerprint density at radius 3 is 2.56 bits per heavy atom. The van der Waals surface area contributed by atoms with Crippen molar-refractivity contribution in [3.63, 3.8) is 0 Å². The predicted octanol–water partition coefficient (Wildman–Crippen LogP) is 1.87. The van der Waals surface area contributed by atoms with E-state index in [0.29, 0.717) is 5.76 Å². The molecule has 0 N–H and O–H groups in total. The molecule has 4 nitrogen and oxygen atoms in total. The third-order valence-corrected chi connectivity index (χ3v) is 2.46. The van der Waals surface area contributed by atoms with Crippen LogP contribution < -0.4 is 4.90 Å². The van der Waals surface area contributed by atoms with Gasteiger partial charge in [-0.15, -0.1) is 0 Å². The second-order valence-electron chi connectivity index (χ2n) is 4.03. The smallest absolute Gasteiger partial charge is 0.196 e. The van der Waals surface area contributed by atoms with Crippen LogP contribution in [0, 0.1) is 0 Å². The number of hydrogen-bond acceptors (Lipinski definition) is 4. The van der Waals surface area contributed by atoms with Gasteiger partial charge in [0.15, 0.2) is 17.9 Å². The summed E-state index contributed by atoms with van der Waals surface area (Å²) in [7, 11) is 4.13. The van der Waals surface area contributed by atoms with Gasteiger partial charge in [0.05, 0.1) is 0 Å². The molecular weight excluding hydrogens is 204 g/mol. The second-order valence-corrected chi connectivity index (χ2v) is 4.03. The molecule has 90 valence electrons. The summed E-state index contributed by atoms with van der Waals surface area (Å²) >= 11 is 0. The summed E-state index contributed by atoms with van der Waals surface area (Å²) in [6.07, 6.45) is 1.81. The highest BCUT2D eigenvalue weighted by Gasteiger charge is 2.08. The highest BCUT2D eigenvalue weighted by Crippen LogP contribution is 2.17. The lowest BCUT2D eigenvalue weighted by molar-refractivity contribution is 0.110. The quantitative estimate of drug-likeness (QED) is 0.662. The van der Waals surface area contributed by atoms with Crippen molar-refractivity contribution in [3.05, 3.63) is 17.9 Å². The fourth-order valence-electron chi connectivity index (χ4n) is 1.58. The first-order valence-corrected chi connectivity index (χ1v) is 5.62. The Hall–Kier alpha value is -1.29. The van der Waals surface area contributed by atoms with Crippen molar-refractivity contribution in [2.75, 3.05) is 38.6 Å². The van der Waals surface area contributed by atoms with E-state index < -0.39 is 0 Å². The number of anilines is 1. The zero-order valence-electron chi connectivity index (χ0n) is 10.3. The number of hydrogen-bond donors (Lipinski definition) is 0. The van der Waals surface area contributed by atoms with Crippen LogP contribution in [-0.4, -0.2) is 44.9 Å². The minimum absolute atomic E-state index is 0.390. The lowest BCUT2D eigenvalue weighted by Crippen LogP contribution is -2.26. The van der Waals surface area contributed by atoms with E-state index in [2.05, 4.69) is 30.8 Å². The minimum Gasteiger partial charge on any atom is -0.438 e. The Labute approximate surface area is 96.8 Å². The van der Waals surface area contributed by atoms with Crippen molar-refractivity contribution in [3.8, 4) is 0 Å². The summed E-state index contributed by atoms with van der Waals surface area (Å²) in [4.78, 5) is 14.8. The molecule has 0 unspecified atom stereocenters. The molecular formula is C12H20N2O2. The first kappa shape index (κ1) is 12.8. The molecule has 1 rings (SSSR count). The highest BCUT2D eigenvalue weighted by atomic mass is 16.4. The third kappa shape index (κ3) is 3.70. The zero-order valence-corrected chi connectivity index (χ0v) is 10.3. The normalized spacial score (nSPS) is 10.8. The van der Waals surface area contributed by atoms with E-state index in [0.717, 1.165) is 38.2 Å². The maximum atomic E-state index is 10.5. The Morgan fingerprint density at radius 2 is 2.06 bits per heavy atom. The van der Waals surface area contributed by atoms with Crippen molar-refractivity contribution in [1.29, 1.82) is 0 Å². The van der Waals surface area contributed by atoms with Crippen LogP contribution in [0.5, 0.6) is 0 Å². The van der Waals surface area contributed by atoms with Gasteiger partial charge < -0.3 is 14.2 Å². The molecule has 0 aliphatic heterocycles. The molecule has 16 heavy (non-hydrogen) atoms. The summed E-state index contributed by atoms with van der Waals surface area (Å²) in [5.41, 5.74) is 0. The van der Waals surface area contributed by atoms with Crippen LogP contribution in [0.3, 0.4) is 0 Å². The summed E-state index contributed by atoms with van der Waals surface area (Å²) in [6.45, 7) is 4.97. The van der Waals surface area contributed by atoms with E-state index in [4.69, 9.17) is 4.42 Å². The Balaban J connectivity index is 2.50. The lowest BCUT2D eigenvalue weighted by atomic mass is 10.3. The Morgan fingerprint density at radius 1 is 1.31 bits per heavy atom. The fourth-order valence-corrected chi connectivity index (χ4v) is 1.58. The van der Waals surface area contributed by atoms with E-state index >= 15 is 0 Å². The maximum absolute atomic E-state index is 10.5. The molecule has 0 aromatic carbocycles. The molecule has 0 bridgehead atoms. The molecule has 1 aromatic rings. The monoisotopic (exact) mass is 224 g/mol. The standard InChI is InChI=1S/C12H20N2O2/c1-4-14(9-5-8-13(2)3)12-7-6-11(10-15)16-12/h6-7,10H,4-5,8-9H2,1-3H3. The van der Waals surface area contributed by atoms with Crippen molar-refractivity contribution >= 4 is 12.2 Å². The molecule has 0 spiro atoms. The molecule has 0 amide bonds. The molecule has 4 heteroatoms. The molecule has 0 fully saturated rings. The second kappa shape index (κ2) is 6.33. The third-order valence-electron chi connectivity index (χ3n) is 2.46. The van der Waals surface area contributed by atoms with Gasteiger partial charge in [-0.3, -0.25) is 4.79 Å². The van der Waals surface area contributed by atoms with Gasteiger partial charge >= 0.3 is 0 Å². The highest BCUT2D eigenvalue weighted by molar-refractivity contribution is 5.71. The SMILES string of the molecule is CCN(CCCN(C)C)c1ccc(C=O)o1. The minimum atomic E-state index is 0.390. The summed E-state index contributed by atoms with van der Waals surface area (Å²) in [6, 6.07) is 3.56. The number of carbonyl (C=O) groups excluding carboxylic acids is 1. The first-order valence-electron chi connectivity index (χ1n) is 5.62. The van der Waals surface area contributed by atoms with Gasteiger partial charge in [-0.05, 0) is 40.1 Å². The molecule has 0 saturated heterocycles. The predicted molar refractivity (Wildman–Crippen MR) is 65.2 cm³/mol. The van der Waals surface area contributed by atoms with Crippen LogP contribution >= 0.6 is 0 Å². The van der Waals surface area contributed by atoms with E-state index in [1.165, 1.54) is 0 Å². The van der Waals surface area contributed by atoms with E-state index in [9.17, 15) is 4.79 Å². The Bertz CT molecular complexity index is 321. The molecule has 1 aromatic heterocycles. The lowest BCUT2D eigenvalue weighted by Gasteiger charge is -2.20. The molecule has 0 atom stereocenters. The van der Waals surface area contributed by atoms with Gasteiger partial charge in [0.1, 0.15) is 0 Å². The number of furan rings is 1. The number of aldehydes is 1. The van der Waals surface area contributed by atoms with Crippen molar-refractivity contribution in [1.82, 2.24) is 4.90 Å². The largest absolute Gasteiger partial charge is 0.438 e. The average molecular weight is 224 g/mol. The van der Waals surface area contributed by atoms with E-state index in [1.807, 2.05) is 6.07 Å². The molecule has 0 aliphatic rings. The van der Waals surface area contributed by atoms with Crippen LogP contribution in [0.1, 0.15) is 23.9 Å². The number of carbonyl (C=O) groups is 1. The van der Waals surface area contributed by atoms with E-state index in [1.54, 1.807) is 6.07 Å². The maximum Gasteiger partial charge on any atom is 0.196 e. The van der Waals surface area contributed by atoms with E-state index in [-0.39, 0.29) is 0 Å².